The van der Waals surface area contributed by atoms with Gasteiger partial charge in [-0.05, 0) is 44.7 Å². The fourth-order valence-corrected chi connectivity index (χ4v) is 4.13. The SMILES string of the molecule is CCOc1ncccc1C(=O)N1CCC(c2nnc3n2CCCCC3)CC1. The second-order valence-corrected chi connectivity index (χ2v) is 7.29. The Kier molecular flexibility index (Phi) is 5.36. The van der Waals surface area contributed by atoms with Crippen molar-refractivity contribution in [2.24, 2.45) is 0 Å². The van der Waals surface area contributed by atoms with Gasteiger partial charge in [-0.1, -0.05) is 6.42 Å². The first-order valence-corrected chi connectivity index (χ1v) is 10.1. The van der Waals surface area contributed by atoms with Crippen molar-refractivity contribution in [1.82, 2.24) is 24.6 Å². The second kappa shape index (κ2) is 8.06. The summed E-state index contributed by atoms with van der Waals surface area (Å²) < 4.78 is 7.86. The van der Waals surface area contributed by atoms with Gasteiger partial charge < -0.3 is 14.2 Å². The number of nitrogens with zero attached hydrogens (tertiary/aromatic N) is 5. The van der Waals surface area contributed by atoms with Crippen LogP contribution in [0.25, 0.3) is 0 Å². The van der Waals surface area contributed by atoms with E-state index in [0.29, 0.717) is 24.0 Å². The number of aromatic nitrogens is 4. The van der Waals surface area contributed by atoms with E-state index in [2.05, 4.69) is 19.7 Å². The maximum absolute atomic E-state index is 12.9. The topological polar surface area (TPSA) is 73.1 Å². The van der Waals surface area contributed by atoms with E-state index in [1.54, 1.807) is 18.3 Å². The van der Waals surface area contributed by atoms with Gasteiger partial charge in [-0.3, -0.25) is 4.79 Å². The van der Waals surface area contributed by atoms with E-state index in [1.165, 1.54) is 19.3 Å². The molecule has 1 fully saturated rings. The van der Waals surface area contributed by atoms with Gasteiger partial charge in [0.25, 0.3) is 5.91 Å². The van der Waals surface area contributed by atoms with Gasteiger partial charge in [-0.25, -0.2) is 4.98 Å². The molecule has 0 radical (unpaired) electrons. The molecule has 7 heteroatoms. The monoisotopic (exact) mass is 369 g/mol. The molecular formula is C20H27N5O2. The molecule has 27 heavy (non-hydrogen) atoms. The molecule has 4 heterocycles. The van der Waals surface area contributed by atoms with Crippen LogP contribution in [0.4, 0.5) is 0 Å². The van der Waals surface area contributed by atoms with Crippen LogP contribution in [0.1, 0.15) is 67.0 Å². The summed E-state index contributed by atoms with van der Waals surface area (Å²) in [5.41, 5.74) is 0.550. The molecule has 2 aromatic rings. The van der Waals surface area contributed by atoms with Crippen LogP contribution in [0.2, 0.25) is 0 Å². The molecule has 0 aliphatic carbocycles. The maximum atomic E-state index is 12.9. The lowest BCUT2D eigenvalue weighted by molar-refractivity contribution is 0.0705. The van der Waals surface area contributed by atoms with Crippen molar-refractivity contribution in [1.29, 1.82) is 0 Å². The van der Waals surface area contributed by atoms with E-state index in [0.717, 1.165) is 50.5 Å². The van der Waals surface area contributed by atoms with Crippen molar-refractivity contribution in [2.45, 2.75) is 57.9 Å². The Balaban J connectivity index is 1.44. The summed E-state index contributed by atoms with van der Waals surface area (Å²) in [7, 11) is 0. The number of hydrogen-bond acceptors (Lipinski definition) is 5. The molecule has 0 unspecified atom stereocenters. The van der Waals surface area contributed by atoms with Gasteiger partial charge in [0.2, 0.25) is 5.88 Å². The van der Waals surface area contributed by atoms with Gasteiger partial charge in [-0.15, -0.1) is 10.2 Å². The molecule has 1 saturated heterocycles. The number of hydrogen-bond donors (Lipinski definition) is 0. The molecule has 2 aliphatic rings. The molecule has 0 saturated carbocycles. The fraction of sp³-hybridized carbons (Fsp3) is 0.600. The van der Waals surface area contributed by atoms with Crippen LogP contribution in [0.15, 0.2) is 18.3 Å². The van der Waals surface area contributed by atoms with Gasteiger partial charge in [-0.2, -0.15) is 0 Å². The normalized spacial score (nSPS) is 18.0. The zero-order valence-corrected chi connectivity index (χ0v) is 15.9. The molecule has 7 nitrogen and oxygen atoms in total. The number of piperidine rings is 1. The number of likely N-dealkylation sites (tertiary alicyclic amines) is 1. The Morgan fingerprint density at radius 2 is 2.04 bits per heavy atom. The van der Waals surface area contributed by atoms with E-state index in [9.17, 15) is 4.79 Å². The van der Waals surface area contributed by atoms with E-state index in [-0.39, 0.29) is 5.91 Å². The highest BCUT2D eigenvalue weighted by Gasteiger charge is 2.30. The molecule has 0 bridgehead atoms. The lowest BCUT2D eigenvalue weighted by Crippen LogP contribution is -2.38. The molecule has 0 N–H and O–H groups in total. The smallest absolute Gasteiger partial charge is 0.259 e. The van der Waals surface area contributed by atoms with E-state index >= 15 is 0 Å². The Morgan fingerprint density at radius 1 is 1.19 bits per heavy atom. The average molecular weight is 369 g/mol. The first-order valence-electron chi connectivity index (χ1n) is 10.1. The number of carbonyl (C=O) groups excluding carboxylic acids is 1. The largest absolute Gasteiger partial charge is 0.477 e. The van der Waals surface area contributed by atoms with Crippen molar-refractivity contribution in [3.05, 3.63) is 35.5 Å². The number of aryl methyl sites for hydroxylation is 1. The summed E-state index contributed by atoms with van der Waals surface area (Å²) >= 11 is 0. The molecule has 144 valence electrons. The number of fused-ring (bicyclic) bond motifs is 1. The minimum Gasteiger partial charge on any atom is -0.477 e. The predicted octanol–water partition coefficient (Wildman–Crippen LogP) is 2.82. The standard InChI is InChI=1S/C20H27N5O2/c1-2-27-19-16(7-6-11-21-19)20(26)24-13-9-15(10-14-24)18-23-22-17-8-4-3-5-12-25(17)18/h6-7,11,15H,2-5,8-10,12-14H2,1H3. The number of ether oxygens (including phenoxy) is 1. The van der Waals surface area contributed by atoms with Crippen LogP contribution in [0.5, 0.6) is 5.88 Å². The van der Waals surface area contributed by atoms with Gasteiger partial charge in [0.05, 0.1) is 6.61 Å². The Hall–Kier alpha value is -2.44. The first kappa shape index (κ1) is 17.9. The van der Waals surface area contributed by atoms with Crippen LogP contribution >= 0.6 is 0 Å². The van der Waals surface area contributed by atoms with Crippen LogP contribution in [-0.2, 0) is 13.0 Å². The molecule has 4 rings (SSSR count). The summed E-state index contributed by atoms with van der Waals surface area (Å²) in [4.78, 5) is 19.1. The zero-order valence-electron chi connectivity index (χ0n) is 15.9. The van der Waals surface area contributed by atoms with Gasteiger partial charge >= 0.3 is 0 Å². The fourth-order valence-electron chi connectivity index (χ4n) is 4.13. The maximum Gasteiger partial charge on any atom is 0.259 e. The van der Waals surface area contributed by atoms with Crippen molar-refractivity contribution in [2.75, 3.05) is 19.7 Å². The predicted molar refractivity (Wildman–Crippen MR) is 101 cm³/mol. The van der Waals surface area contributed by atoms with Crippen molar-refractivity contribution in [3.8, 4) is 5.88 Å². The third-order valence-electron chi connectivity index (χ3n) is 5.57. The summed E-state index contributed by atoms with van der Waals surface area (Å²) in [5, 5.41) is 8.94. The molecule has 2 aliphatic heterocycles. The highest BCUT2D eigenvalue weighted by atomic mass is 16.5. The average Bonchev–Trinajstić information content (AvgIpc) is 2.96. The summed E-state index contributed by atoms with van der Waals surface area (Å²) in [5.74, 6) is 3.07. The van der Waals surface area contributed by atoms with E-state index in [4.69, 9.17) is 4.74 Å². The molecule has 0 aromatic carbocycles. The molecular weight excluding hydrogens is 342 g/mol. The quantitative estimate of drug-likeness (QED) is 0.829. The second-order valence-electron chi connectivity index (χ2n) is 7.29. The van der Waals surface area contributed by atoms with Crippen molar-refractivity contribution >= 4 is 5.91 Å². The van der Waals surface area contributed by atoms with E-state index < -0.39 is 0 Å². The van der Waals surface area contributed by atoms with Gasteiger partial charge in [0.1, 0.15) is 17.2 Å². The van der Waals surface area contributed by atoms with E-state index in [1.807, 2.05) is 11.8 Å². The first-order chi connectivity index (χ1) is 13.3. The lowest BCUT2D eigenvalue weighted by Gasteiger charge is -2.32. The Labute approximate surface area is 159 Å². The van der Waals surface area contributed by atoms with Crippen LogP contribution in [0, 0.1) is 0 Å². The van der Waals surface area contributed by atoms with Crippen molar-refractivity contribution in [3.63, 3.8) is 0 Å². The minimum atomic E-state index is 0.00470. The third-order valence-corrected chi connectivity index (χ3v) is 5.57. The van der Waals surface area contributed by atoms with Crippen molar-refractivity contribution < 1.29 is 9.53 Å². The number of carbonyl (C=O) groups is 1. The molecule has 0 atom stereocenters. The molecule has 0 spiro atoms. The molecule has 2 aromatic heterocycles. The number of amides is 1. The Morgan fingerprint density at radius 3 is 2.85 bits per heavy atom. The third kappa shape index (κ3) is 3.68. The number of rotatable bonds is 4. The zero-order chi connectivity index (χ0) is 18.6. The molecule has 1 amide bonds. The van der Waals surface area contributed by atoms with Gasteiger partial charge in [0, 0.05) is 38.2 Å². The minimum absolute atomic E-state index is 0.00470. The Bertz CT molecular complexity index is 795. The number of pyridine rings is 1. The van der Waals surface area contributed by atoms with Gasteiger partial charge in [0.15, 0.2) is 0 Å². The van der Waals surface area contributed by atoms with Crippen LogP contribution in [-0.4, -0.2) is 50.3 Å². The summed E-state index contributed by atoms with van der Waals surface area (Å²) in [6.07, 6.45) is 8.22. The van der Waals surface area contributed by atoms with Crippen LogP contribution in [0.3, 0.4) is 0 Å². The highest BCUT2D eigenvalue weighted by molar-refractivity contribution is 5.96. The summed E-state index contributed by atoms with van der Waals surface area (Å²) in [6.45, 7) is 4.88. The summed E-state index contributed by atoms with van der Waals surface area (Å²) in [6, 6.07) is 3.58. The highest BCUT2D eigenvalue weighted by Crippen LogP contribution is 2.30. The van der Waals surface area contributed by atoms with Crippen LogP contribution < -0.4 is 4.74 Å². The lowest BCUT2D eigenvalue weighted by atomic mass is 9.95.